The van der Waals surface area contributed by atoms with Gasteiger partial charge in [-0.25, -0.2) is 0 Å². The van der Waals surface area contributed by atoms with E-state index in [2.05, 4.69) is 0 Å². The average molecular weight is 320 g/mol. The predicted molar refractivity (Wildman–Crippen MR) is 52.7 cm³/mol. The van der Waals surface area contributed by atoms with E-state index in [0.717, 1.165) is 0 Å². The van der Waals surface area contributed by atoms with E-state index in [1.165, 1.54) is 18.2 Å². The van der Waals surface area contributed by atoms with Gasteiger partial charge in [-0.1, -0.05) is 0 Å². The third-order valence-electron chi connectivity index (χ3n) is 1.14. The zero-order valence-electron chi connectivity index (χ0n) is 6.10. The lowest BCUT2D eigenvalue weighted by Gasteiger charge is -2.07. The summed E-state index contributed by atoms with van der Waals surface area (Å²) >= 11 is 1.56. The summed E-state index contributed by atoms with van der Waals surface area (Å²) in [6.45, 7) is 0. The van der Waals surface area contributed by atoms with Crippen molar-refractivity contribution in [1.82, 2.24) is 0 Å². The summed E-state index contributed by atoms with van der Waals surface area (Å²) in [5.41, 5.74) is -4.28. The first kappa shape index (κ1) is 11.0. The molecule has 0 bridgehead atoms. The Labute approximate surface area is 90.5 Å². The second kappa shape index (κ2) is 3.95. The van der Waals surface area contributed by atoms with Gasteiger partial charge in [0.2, 0.25) is 0 Å². The normalized spacial score (nSPS) is 11.7. The molecule has 0 radical (unpaired) electrons. The minimum Gasteiger partial charge on any atom is -0.508 e. The van der Waals surface area contributed by atoms with Gasteiger partial charge in [-0.15, -0.1) is 0 Å². The Kier molecular flexibility index (Phi) is 3.33. The van der Waals surface area contributed by atoms with Crippen molar-refractivity contribution in [3.63, 3.8) is 0 Å². The highest BCUT2D eigenvalue weighted by atomic mass is 127. The van der Waals surface area contributed by atoms with Crippen LogP contribution in [0.4, 0.5) is 13.2 Å². The molecule has 1 aromatic rings. The maximum absolute atomic E-state index is 11.9. The molecule has 72 valence electrons. The minimum absolute atomic E-state index is 0.0316. The van der Waals surface area contributed by atoms with Gasteiger partial charge >= 0.3 is 5.51 Å². The number of hydrogen-bond donors (Lipinski definition) is 1. The van der Waals surface area contributed by atoms with Crippen LogP contribution in [0, 0.1) is 3.57 Å². The first-order valence-electron chi connectivity index (χ1n) is 3.13. The number of alkyl halides is 3. The molecule has 13 heavy (non-hydrogen) atoms. The third-order valence-corrected chi connectivity index (χ3v) is 3.21. The molecule has 1 rings (SSSR count). The zero-order chi connectivity index (χ0) is 10.1. The van der Waals surface area contributed by atoms with Crippen LogP contribution in [-0.4, -0.2) is 10.6 Å². The van der Waals surface area contributed by atoms with Crippen LogP contribution in [0.3, 0.4) is 0 Å². The molecule has 0 fully saturated rings. The average Bonchev–Trinajstić information content (AvgIpc) is 1.93. The Bertz CT molecular complexity index is 313. The first-order valence-corrected chi connectivity index (χ1v) is 5.02. The maximum atomic E-state index is 11.9. The van der Waals surface area contributed by atoms with E-state index in [0.29, 0.717) is 3.57 Å². The molecule has 1 nitrogen and oxygen atoms in total. The Balaban J connectivity index is 2.90. The molecule has 0 saturated heterocycles. The van der Waals surface area contributed by atoms with Crippen LogP contribution < -0.4 is 0 Å². The number of halogens is 4. The van der Waals surface area contributed by atoms with Crippen LogP contribution in [0.1, 0.15) is 0 Å². The van der Waals surface area contributed by atoms with E-state index >= 15 is 0 Å². The topological polar surface area (TPSA) is 20.2 Å². The van der Waals surface area contributed by atoms with Crippen molar-refractivity contribution in [3.8, 4) is 5.75 Å². The number of rotatable bonds is 1. The van der Waals surface area contributed by atoms with E-state index in [1.807, 2.05) is 0 Å². The smallest absolute Gasteiger partial charge is 0.446 e. The van der Waals surface area contributed by atoms with Crippen molar-refractivity contribution >= 4 is 34.4 Å². The van der Waals surface area contributed by atoms with Gasteiger partial charge in [-0.2, -0.15) is 13.2 Å². The summed E-state index contributed by atoms with van der Waals surface area (Å²) in [4.78, 5) is 0.103. The van der Waals surface area contributed by atoms with Gasteiger partial charge in [0.1, 0.15) is 5.75 Å². The molecule has 0 heterocycles. The van der Waals surface area contributed by atoms with Crippen molar-refractivity contribution in [1.29, 1.82) is 0 Å². The molecule has 0 aliphatic heterocycles. The van der Waals surface area contributed by atoms with Crippen molar-refractivity contribution in [2.45, 2.75) is 10.4 Å². The summed E-state index contributed by atoms with van der Waals surface area (Å²) in [5.74, 6) is -0.0316. The molecule has 1 N–H and O–H groups in total. The van der Waals surface area contributed by atoms with Crippen LogP contribution in [0.15, 0.2) is 23.1 Å². The van der Waals surface area contributed by atoms with Crippen LogP contribution in [-0.2, 0) is 0 Å². The Morgan fingerprint density at radius 2 is 1.92 bits per heavy atom. The summed E-state index contributed by atoms with van der Waals surface area (Å²) in [6.07, 6.45) is 0. The molecule has 0 aromatic heterocycles. The number of aromatic hydroxyl groups is 1. The predicted octanol–water partition coefficient (Wildman–Crippen LogP) is 3.61. The van der Waals surface area contributed by atoms with E-state index in [9.17, 15) is 13.2 Å². The molecule has 0 saturated carbocycles. The monoisotopic (exact) mass is 320 g/mol. The van der Waals surface area contributed by atoms with Crippen molar-refractivity contribution in [2.75, 3.05) is 0 Å². The van der Waals surface area contributed by atoms with Gasteiger partial charge in [-0.3, -0.25) is 0 Å². The molecule has 0 aliphatic rings. The molecule has 0 unspecified atom stereocenters. The van der Waals surface area contributed by atoms with Gasteiger partial charge in [0, 0.05) is 8.47 Å². The highest BCUT2D eigenvalue weighted by Gasteiger charge is 2.30. The van der Waals surface area contributed by atoms with E-state index in [-0.39, 0.29) is 22.4 Å². The SMILES string of the molecule is Oc1ccc(SC(F)(F)F)c(I)c1. The van der Waals surface area contributed by atoms with Crippen LogP contribution in [0.2, 0.25) is 0 Å². The van der Waals surface area contributed by atoms with Crippen molar-refractivity contribution in [3.05, 3.63) is 21.8 Å². The van der Waals surface area contributed by atoms with Crippen LogP contribution in [0.5, 0.6) is 5.75 Å². The second-order valence-electron chi connectivity index (χ2n) is 2.16. The Hall–Kier alpha value is -0.110. The maximum Gasteiger partial charge on any atom is 0.446 e. The lowest BCUT2D eigenvalue weighted by atomic mass is 10.3. The van der Waals surface area contributed by atoms with Gasteiger partial charge in [0.15, 0.2) is 0 Å². The highest BCUT2D eigenvalue weighted by Crippen LogP contribution is 2.39. The standard InChI is InChI=1S/C7H4F3IOS/c8-7(9,10)13-6-2-1-4(12)3-5(6)11/h1-3,12H. The van der Waals surface area contributed by atoms with Crippen LogP contribution >= 0.6 is 34.4 Å². The first-order chi connectivity index (χ1) is 5.88. The van der Waals surface area contributed by atoms with E-state index in [1.54, 1.807) is 22.6 Å². The molecule has 0 spiro atoms. The Morgan fingerprint density at radius 1 is 1.31 bits per heavy atom. The number of benzene rings is 1. The summed E-state index contributed by atoms with van der Waals surface area (Å²) in [7, 11) is 0. The van der Waals surface area contributed by atoms with E-state index in [4.69, 9.17) is 5.11 Å². The fraction of sp³-hybridized carbons (Fsp3) is 0.143. The lowest BCUT2D eigenvalue weighted by molar-refractivity contribution is -0.0328. The number of phenolic OH excluding ortho intramolecular Hbond substituents is 1. The zero-order valence-corrected chi connectivity index (χ0v) is 9.07. The lowest BCUT2D eigenvalue weighted by Crippen LogP contribution is -1.99. The highest BCUT2D eigenvalue weighted by molar-refractivity contribution is 14.1. The largest absolute Gasteiger partial charge is 0.508 e. The molecule has 0 aliphatic carbocycles. The summed E-state index contributed by atoms with van der Waals surface area (Å²) < 4.78 is 36.1. The van der Waals surface area contributed by atoms with Crippen molar-refractivity contribution < 1.29 is 18.3 Å². The molecule has 1 aromatic carbocycles. The van der Waals surface area contributed by atoms with Gasteiger partial charge in [-0.05, 0) is 52.6 Å². The molecule has 0 amide bonds. The van der Waals surface area contributed by atoms with Crippen LogP contribution in [0.25, 0.3) is 0 Å². The number of phenols is 1. The number of hydrogen-bond acceptors (Lipinski definition) is 2. The Morgan fingerprint density at radius 3 is 2.38 bits per heavy atom. The molecule has 6 heteroatoms. The molecule has 0 atom stereocenters. The van der Waals surface area contributed by atoms with Crippen molar-refractivity contribution in [2.24, 2.45) is 0 Å². The molecular formula is C7H4F3IOS. The summed E-state index contributed by atoms with van der Waals surface area (Å²) in [5, 5.41) is 8.94. The summed E-state index contributed by atoms with van der Waals surface area (Å²) in [6, 6.07) is 3.76. The third kappa shape index (κ3) is 3.63. The van der Waals surface area contributed by atoms with Gasteiger partial charge < -0.3 is 5.11 Å². The second-order valence-corrected chi connectivity index (χ2v) is 4.43. The minimum atomic E-state index is -4.28. The van der Waals surface area contributed by atoms with E-state index < -0.39 is 5.51 Å². The number of thioether (sulfide) groups is 1. The van der Waals surface area contributed by atoms with Gasteiger partial charge in [0.05, 0.1) is 0 Å². The molecular weight excluding hydrogens is 316 g/mol. The quantitative estimate of drug-likeness (QED) is 0.630. The fourth-order valence-corrected chi connectivity index (χ4v) is 2.07. The fourth-order valence-electron chi connectivity index (χ4n) is 0.697. The van der Waals surface area contributed by atoms with Gasteiger partial charge in [0.25, 0.3) is 0 Å².